The second kappa shape index (κ2) is 7.60. The molecule has 1 fully saturated rings. The summed E-state index contributed by atoms with van der Waals surface area (Å²) in [5.74, 6) is 0.383. The second-order valence-corrected chi connectivity index (χ2v) is 8.40. The maximum absolute atomic E-state index is 14.2. The normalized spacial score (nSPS) is 19.2. The Labute approximate surface area is 189 Å². The average molecular weight is 451 g/mol. The highest BCUT2D eigenvalue weighted by Gasteiger charge is 2.46. The van der Waals surface area contributed by atoms with E-state index >= 15 is 0 Å². The fraction of sp³-hybridized carbons (Fsp3) is 0.364. The van der Waals surface area contributed by atoms with E-state index in [4.69, 9.17) is 19.9 Å². The van der Waals surface area contributed by atoms with E-state index in [2.05, 4.69) is 26.0 Å². The van der Waals surface area contributed by atoms with E-state index in [1.165, 1.54) is 23.0 Å². The van der Waals surface area contributed by atoms with Crippen LogP contribution in [0.4, 0.5) is 10.2 Å². The molecule has 170 valence electrons. The van der Waals surface area contributed by atoms with Crippen molar-refractivity contribution in [2.24, 2.45) is 7.05 Å². The Morgan fingerprint density at radius 1 is 1.27 bits per heavy atom. The van der Waals surface area contributed by atoms with Gasteiger partial charge < -0.3 is 19.9 Å². The summed E-state index contributed by atoms with van der Waals surface area (Å²) >= 11 is 0. The molecule has 2 N–H and O–H groups in total. The van der Waals surface area contributed by atoms with E-state index in [-0.39, 0.29) is 29.9 Å². The first-order valence-electron chi connectivity index (χ1n) is 10.3. The number of likely N-dealkylation sites (tertiary alicyclic amines) is 1. The summed E-state index contributed by atoms with van der Waals surface area (Å²) in [6.45, 7) is 3.09. The molecule has 2 aliphatic rings. The lowest BCUT2D eigenvalue weighted by Gasteiger charge is -2.47. The fourth-order valence-electron chi connectivity index (χ4n) is 4.26. The maximum Gasteiger partial charge on any atom is 0.258 e. The molecule has 10 nitrogen and oxygen atoms in total. The minimum atomic E-state index is -0.694. The number of anilines is 1. The molecule has 1 spiro atoms. The van der Waals surface area contributed by atoms with Crippen LogP contribution in [-0.4, -0.2) is 57.0 Å². The number of rotatable bonds is 0. The van der Waals surface area contributed by atoms with Gasteiger partial charge in [-0.15, -0.1) is 5.10 Å². The van der Waals surface area contributed by atoms with Crippen LogP contribution in [0.2, 0.25) is 0 Å². The summed E-state index contributed by atoms with van der Waals surface area (Å²) in [5, 5.41) is 14.1. The summed E-state index contributed by atoms with van der Waals surface area (Å²) in [7, 11) is 3.62. The van der Waals surface area contributed by atoms with E-state index < -0.39 is 17.5 Å². The van der Waals surface area contributed by atoms with Gasteiger partial charge in [-0.3, -0.25) is 9.58 Å². The van der Waals surface area contributed by atoms with Gasteiger partial charge in [0.15, 0.2) is 17.1 Å². The van der Waals surface area contributed by atoms with Gasteiger partial charge in [0.2, 0.25) is 5.88 Å². The molecule has 3 aromatic rings. The van der Waals surface area contributed by atoms with Gasteiger partial charge in [0, 0.05) is 25.7 Å². The van der Waals surface area contributed by atoms with Crippen molar-refractivity contribution in [3.63, 3.8) is 0 Å². The number of ether oxygens (including phenoxy) is 3. The van der Waals surface area contributed by atoms with E-state index in [1.807, 2.05) is 7.05 Å². The van der Waals surface area contributed by atoms with E-state index in [1.54, 1.807) is 20.0 Å². The molecule has 0 unspecified atom stereocenters. The monoisotopic (exact) mass is 451 g/mol. The minimum Gasteiger partial charge on any atom is -0.481 e. The molecular weight excluding hydrogens is 429 g/mol. The number of nitrogen functional groups attached to an aromatic ring is 1. The fourth-order valence-corrected chi connectivity index (χ4v) is 4.26. The lowest BCUT2D eigenvalue weighted by atomic mass is 9.95. The SMILES string of the molecule is C[C@H]1Oc2nc(cnc2N)-c2c(nn(C)c2C#N)OCC2(CN(C)C2)Oc2ccc(F)cc21. The standard InChI is InChI=1S/C22H22FN7O3/c1-12-14-6-13(23)4-5-17(14)33-22(9-29(2)10-22)11-31-20-18(16(7-24)30(3)28-20)15-8-26-19(25)21(27-15)32-12/h4-6,8,12H,9-11H2,1-3H3,(H2,25,26)/t12-/m1/s1. The molecule has 0 radical (unpaired) electrons. The molecule has 1 atom stereocenters. The molecule has 0 aliphatic carbocycles. The smallest absolute Gasteiger partial charge is 0.258 e. The Kier molecular flexibility index (Phi) is 4.83. The number of nitrogens with zero attached hydrogens (tertiary/aromatic N) is 6. The van der Waals surface area contributed by atoms with E-state index in [0.717, 1.165) is 0 Å². The highest BCUT2D eigenvalue weighted by atomic mass is 19.1. The third-order valence-electron chi connectivity index (χ3n) is 5.76. The number of aryl methyl sites for hydroxylation is 1. The third kappa shape index (κ3) is 3.58. The molecule has 1 aromatic carbocycles. The van der Waals surface area contributed by atoms with Gasteiger partial charge >= 0.3 is 0 Å². The number of halogens is 1. The number of nitriles is 1. The van der Waals surface area contributed by atoms with Crippen molar-refractivity contribution in [2.45, 2.75) is 18.6 Å². The molecule has 4 heterocycles. The molecule has 11 heteroatoms. The number of hydrogen-bond acceptors (Lipinski definition) is 9. The van der Waals surface area contributed by atoms with Gasteiger partial charge in [0.1, 0.15) is 41.6 Å². The number of nitrogens with two attached hydrogens (primary N) is 1. The zero-order valence-corrected chi connectivity index (χ0v) is 18.4. The molecule has 1 saturated heterocycles. The van der Waals surface area contributed by atoms with Crippen LogP contribution >= 0.6 is 0 Å². The summed E-state index contributed by atoms with van der Waals surface area (Å²) in [6, 6.07) is 6.42. The van der Waals surface area contributed by atoms with Crippen molar-refractivity contribution in [2.75, 3.05) is 32.5 Å². The van der Waals surface area contributed by atoms with Crippen molar-refractivity contribution in [1.82, 2.24) is 24.6 Å². The summed E-state index contributed by atoms with van der Waals surface area (Å²) in [6.07, 6.45) is 0.789. The molecule has 0 saturated carbocycles. The Morgan fingerprint density at radius 2 is 2.06 bits per heavy atom. The van der Waals surface area contributed by atoms with E-state index in [0.29, 0.717) is 35.7 Å². The maximum atomic E-state index is 14.2. The zero-order valence-electron chi connectivity index (χ0n) is 18.4. The number of fused-ring (bicyclic) bond motifs is 5. The minimum absolute atomic E-state index is 0.0474. The third-order valence-corrected chi connectivity index (χ3v) is 5.76. The molecule has 2 bridgehead atoms. The van der Waals surface area contributed by atoms with Crippen LogP contribution in [0, 0.1) is 17.1 Å². The lowest BCUT2D eigenvalue weighted by molar-refractivity contribution is -0.0917. The van der Waals surface area contributed by atoms with Crippen molar-refractivity contribution in [1.29, 1.82) is 5.26 Å². The van der Waals surface area contributed by atoms with Gasteiger partial charge in [0.05, 0.1) is 6.20 Å². The second-order valence-electron chi connectivity index (χ2n) is 8.40. The van der Waals surface area contributed by atoms with Crippen LogP contribution < -0.4 is 19.9 Å². The van der Waals surface area contributed by atoms with Crippen LogP contribution in [0.15, 0.2) is 24.4 Å². The van der Waals surface area contributed by atoms with Gasteiger partial charge in [-0.25, -0.2) is 14.4 Å². The Balaban J connectivity index is 1.68. The van der Waals surface area contributed by atoms with Gasteiger partial charge in [-0.05, 0) is 32.2 Å². The Bertz CT molecular complexity index is 1280. The number of benzene rings is 1. The van der Waals surface area contributed by atoms with Crippen molar-refractivity contribution in [3.8, 4) is 34.8 Å². The first-order chi connectivity index (χ1) is 15.8. The summed E-state index contributed by atoms with van der Waals surface area (Å²) in [5.41, 5.74) is 6.79. The van der Waals surface area contributed by atoms with Gasteiger partial charge in [0.25, 0.3) is 5.88 Å². The molecule has 2 aliphatic heterocycles. The first-order valence-corrected chi connectivity index (χ1v) is 10.3. The van der Waals surface area contributed by atoms with Gasteiger partial charge in [-0.1, -0.05) is 0 Å². The van der Waals surface area contributed by atoms with Crippen molar-refractivity contribution < 1.29 is 18.6 Å². The van der Waals surface area contributed by atoms with Crippen LogP contribution in [0.25, 0.3) is 11.3 Å². The molecule has 0 amide bonds. The average Bonchev–Trinajstić information content (AvgIpc) is 3.08. The van der Waals surface area contributed by atoms with E-state index in [9.17, 15) is 9.65 Å². The van der Waals surface area contributed by atoms with Crippen LogP contribution in [0.1, 0.15) is 24.3 Å². The largest absolute Gasteiger partial charge is 0.481 e. The predicted octanol–water partition coefficient (Wildman–Crippen LogP) is 2.07. The van der Waals surface area contributed by atoms with Crippen LogP contribution in [-0.2, 0) is 7.05 Å². The lowest BCUT2D eigenvalue weighted by Crippen LogP contribution is -2.66. The quantitative estimate of drug-likeness (QED) is 0.547. The summed E-state index contributed by atoms with van der Waals surface area (Å²) < 4.78 is 34.1. The Morgan fingerprint density at radius 3 is 2.79 bits per heavy atom. The van der Waals surface area contributed by atoms with Crippen molar-refractivity contribution in [3.05, 3.63) is 41.5 Å². The van der Waals surface area contributed by atoms with Crippen molar-refractivity contribution >= 4 is 5.82 Å². The van der Waals surface area contributed by atoms with Crippen LogP contribution in [0.5, 0.6) is 17.5 Å². The first kappa shape index (κ1) is 21.0. The molecule has 5 rings (SSSR count). The zero-order chi connectivity index (χ0) is 23.3. The Hall–Kier alpha value is -3.91. The topological polar surface area (TPSA) is 124 Å². The molecular formula is C22H22FN7O3. The number of aromatic nitrogens is 4. The predicted molar refractivity (Wildman–Crippen MR) is 115 cm³/mol. The highest BCUT2D eigenvalue weighted by molar-refractivity contribution is 5.71. The van der Waals surface area contributed by atoms with Crippen LogP contribution in [0.3, 0.4) is 0 Å². The molecule has 33 heavy (non-hydrogen) atoms. The molecule has 2 aromatic heterocycles. The van der Waals surface area contributed by atoms with Gasteiger partial charge in [-0.2, -0.15) is 5.26 Å². The highest BCUT2D eigenvalue weighted by Crippen LogP contribution is 2.39. The number of likely N-dealkylation sites (N-methyl/N-ethyl adjacent to an activating group) is 1. The number of hydrogen-bond donors (Lipinski definition) is 1. The summed E-state index contributed by atoms with van der Waals surface area (Å²) in [4.78, 5) is 10.8.